The number of nitrogens with zero attached hydrogens (tertiary/aromatic N) is 2. The Balaban J connectivity index is 1.98. The van der Waals surface area contributed by atoms with Crippen LogP contribution >= 0.6 is 0 Å². The Morgan fingerprint density at radius 1 is 1.39 bits per heavy atom. The van der Waals surface area contributed by atoms with E-state index in [1.165, 1.54) is 32.1 Å². The Labute approximate surface area is 109 Å². The van der Waals surface area contributed by atoms with Gasteiger partial charge in [-0.3, -0.25) is 0 Å². The summed E-state index contributed by atoms with van der Waals surface area (Å²) in [5.74, 6) is 0.791. The van der Waals surface area contributed by atoms with Gasteiger partial charge in [-0.25, -0.2) is 4.98 Å². The summed E-state index contributed by atoms with van der Waals surface area (Å²) in [5, 5.41) is 12.3. The van der Waals surface area contributed by atoms with Crippen LogP contribution < -0.4 is 5.32 Å². The van der Waals surface area contributed by atoms with Crippen LogP contribution in [0.4, 0.5) is 5.69 Å². The fourth-order valence-corrected chi connectivity index (χ4v) is 2.85. The Kier molecular flexibility index (Phi) is 4.58. The molecule has 0 aliphatic heterocycles. The molecular weight excluding hydrogens is 222 g/mol. The largest absolute Gasteiger partial charge is 0.381 e. The van der Waals surface area contributed by atoms with E-state index in [4.69, 9.17) is 5.26 Å². The molecule has 1 heterocycles. The molecule has 0 saturated heterocycles. The summed E-state index contributed by atoms with van der Waals surface area (Å²) in [6, 6.07) is 6.32. The van der Waals surface area contributed by atoms with Crippen molar-refractivity contribution in [1.82, 2.24) is 4.98 Å². The predicted octanol–water partition coefficient (Wildman–Crippen LogP) is 3.72. The maximum Gasteiger partial charge on any atom is 0.140 e. The van der Waals surface area contributed by atoms with Crippen molar-refractivity contribution in [3.63, 3.8) is 0 Å². The molecule has 1 fully saturated rings. The highest BCUT2D eigenvalue weighted by atomic mass is 14.9. The number of aromatic nitrogens is 1. The average molecular weight is 243 g/mol. The van der Waals surface area contributed by atoms with Crippen LogP contribution in [0.3, 0.4) is 0 Å². The second-order valence-corrected chi connectivity index (χ2v) is 5.10. The highest BCUT2D eigenvalue weighted by molar-refractivity contribution is 5.43. The van der Waals surface area contributed by atoms with Gasteiger partial charge in [-0.1, -0.05) is 26.2 Å². The zero-order valence-corrected chi connectivity index (χ0v) is 11.0. The van der Waals surface area contributed by atoms with Crippen molar-refractivity contribution >= 4 is 5.69 Å². The molecule has 1 aliphatic carbocycles. The lowest BCUT2D eigenvalue weighted by molar-refractivity contribution is 0.313. The molecule has 2 rings (SSSR count). The summed E-state index contributed by atoms with van der Waals surface area (Å²) >= 11 is 0. The monoisotopic (exact) mass is 243 g/mol. The summed E-state index contributed by atoms with van der Waals surface area (Å²) in [5.41, 5.74) is 1.51. The van der Waals surface area contributed by atoms with E-state index < -0.39 is 0 Å². The van der Waals surface area contributed by atoms with E-state index in [-0.39, 0.29) is 0 Å². The molecule has 1 unspecified atom stereocenters. The van der Waals surface area contributed by atoms with E-state index in [0.29, 0.717) is 11.7 Å². The third-order valence-corrected chi connectivity index (χ3v) is 3.89. The molecular formula is C15H21N3. The first kappa shape index (κ1) is 12.9. The lowest BCUT2D eigenvalue weighted by Crippen LogP contribution is -2.30. The van der Waals surface area contributed by atoms with Crippen LogP contribution in [0, 0.1) is 17.2 Å². The standard InChI is InChI=1S/C15H21N3/c1-2-15(12-6-4-3-5-7-12)18-14-9-8-13(10-16)17-11-14/h8-9,11-12,15,18H,2-7H2,1H3. The van der Waals surface area contributed by atoms with Gasteiger partial charge in [0.25, 0.3) is 0 Å². The highest BCUT2D eigenvalue weighted by Crippen LogP contribution is 2.29. The Morgan fingerprint density at radius 3 is 2.72 bits per heavy atom. The van der Waals surface area contributed by atoms with Gasteiger partial charge in [0, 0.05) is 6.04 Å². The van der Waals surface area contributed by atoms with Crippen molar-refractivity contribution in [2.24, 2.45) is 5.92 Å². The van der Waals surface area contributed by atoms with Gasteiger partial charge in [-0.2, -0.15) is 5.26 Å². The van der Waals surface area contributed by atoms with E-state index in [9.17, 15) is 0 Å². The van der Waals surface area contributed by atoms with Gasteiger partial charge in [0.05, 0.1) is 11.9 Å². The first-order chi connectivity index (χ1) is 8.83. The van der Waals surface area contributed by atoms with Crippen molar-refractivity contribution in [2.75, 3.05) is 5.32 Å². The molecule has 1 aromatic rings. The molecule has 0 radical (unpaired) electrons. The molecule has 1 aliphatic rings. The molecule has 0 bridgehead atoms. The van der Waals surface area contributed by atoms with Gasteiger partial charge in [0.15, 0.2) is 0 Å². The molecule has 18 heavy (non-hydrogen) atoms. The van der Waals surface area contributed by atoms with Crippen LogP contribution in [-0.4, -0.2) is 11.0 Å². The van der Waals surface area contributed by atoms with Gasteiger partial charge in [-0.15, -0.1) is 0 Å². The lowest BCUT2D eigenvalue weighted by atomic mass is 9.83. The van der Waals surface area contributed by atoms with E-state index in [1.54, 1.807) is 12.3 Å². The Morgan fingerprint density at radius 2 is 2.17 bits per heavy atom. The molecule has 0 spiro atoms. The van der Waals surface area contributed by atoms with E-state index in [0.717, 1.165) is 18.0 Å². The summed E-state index contributed by atoms with van der Waals surface area (Å²) in [6.45, 7) is 2.24. The van der Waals surface area contributed by atoms with Crippen LogP contribution in [0.1, 0.15) is 51.1 Å². The van der Waals surface area contributed by atoms with Gasteiger partial charge < -0.3 is 5.32 Å². The van der Waals surface area contributed by atoms with Crippen LogP contribution in [0.5, 0.6) is 0 Å². The molecule has 0 aromatic carbocycles. The van der Waals surface area contributed by atoms with Gasteiger partial charge in [0.2, 0.25) is 0 Å². The summed E-state index contributed by atoms with van der Waals surface area (Å²) in [7, 11) is 0. The maximum atomic E-state index is 8.73. The minimum Gasteiger partial charge on any atom is -0.381 e. The molecule has 3 nitrogen and oxygen atoms in total. The molecule has 1 saturated carbocycles. The molecule has 3 heteroatoms. The van der Waals surface area contributed by atoms with Crippen molar-refractivity contribution in [3.8, 4) is 6.07 Å². The van der Waals surface area contributed by atoms with Crippen LogP contribution in [0.25, 0.3) is 0 Å². The summed E-state index contributed by atoms with van der Waals surface area (Å²) < 4.78 is 0. The third-order valence-electron chi connectivity index (χ3n) is 3.89. The zero-order valence-electron chi connectivity index (χ0n) is 11.0. The quantitative estimate of drug-likeness (QED) is 0.876. The normalized spacial score (nSPS) is 18.0. The smallest absolute Gasteiger partial charge is 0.140 e. The first-order valence-electron chi connectivity index (χ1n) is 6.96. The van der Waals surface area contributed by atoms with Crippen molar-refractivity contribution in [3.05, 3.63) is 24.0 Å². The Bertz CT molecular complexity index is 399. The average Bonchev–Trinajstić information content (AvgIpc) is 2.46. The van der Waals surface area contributed by atoms with Crippen LogP contribution in [0.2, 0.25) is 0 Å². The zero-order chi connectivity index (χ0) is 12.8. The van der Waals surface area contributed by atoms with E-state index in [1.807, 2.05) is 12.1 Å². The summed E-state index contributed by atoms with van der Waals surface area (Å²) in [6.07, 6.45) is 9.73. The topological polar surface area (TPSA) is 48.7 Å². The van der Waals surface area contributed by atoms with Crippen LogP contribution in [-0.2, 0) is 0 Å². The number of anilines is 1. The minimum atomic E-state index is 0.478. The number of nitriles is 1. The van der Waals surface area contributed by atoms with Gasteiger partial charge >= 0.3 is 0 Å². The van der Waals surface area contributed by atoms with Crippen molar-refractivity contribution in [2.45, 2.75) is 51.5 Å². The fourth-order valence-electron chi connectivity index (χ4n) is 2.85. The maximum absolute atomic E-state index is 8.73. The van der Waals surface area contributed by atoms with E-state index in [2.05, 4.69) is 17.2 Å². The molecule has 1 N–H and O–H groups in total. The first-order valence-corrected chi connectivity index (χ1v) is 6.96. The molecule has 96 valence electrons. The number of pyridine rings is 1. The van der Waals surface area contributed by atoms with E-state index >= 15 is 0 Å². The second kappa shape index (κ2) is 6.39. The molecule has 1 aromatic heterocycles. The minimum absolute atomic E-state index is 0.478. The third kappa shape index (κ3) is 3.22. The number of nitrogens with one attached hydrogen (secondary N) is 1. The molecule has 1 atom stereocenters. The lowest BCUT2D eigenvalue weighted by Gasteiger charge is -2.30. The number of hydrogen-bond acceptors (Lipinski definition) is 3. The van der Waals surface area contributed by atoms with Crippen molar-refractivity contribution < 1.29 is 0 Å². The summed E-state index contributed by atoms with van der Waals surface area (Å²) in [4.78, 5) is 4.11. The van der Waals surface area contributed by atoms with Crippen LogP contribution in [0.15, 0.2) is 18.3 Å². The fraction of sp³-hybridized carbons (Fsp3) is 0.600. The van der Waals surface area contributed by atoms with Crippen molar-refractivity contribution in [1.29, 1.82) is 5.26 Å². The van der Waals surface area contributed by atoms with Gasteiger partial charge in [-0.05, 0) is 37.3 Å². The number of rotatable bonds is 4. The molecule has 0 amide bonds. The highest BCUT2D eigenvalue weighted by Gasteiger charge is 2.22. The van der Waals surface area contributed by atoms with Gasteiger partial charge in [0.1, 0.15) is 11.8 Å². The Hall–Kier alpha value is -1.56. The number of hydrogen-bond donors (Lipinski definition) is 1. The predicted molar refractivity (Wildman–Crippen MR) is 73.2 cm³/mol. The second-order valence-electron chi connectivity index (χ2n) is 5.10. The SMILES string of the molecule is CCC(Nc1ccc(C#N)nc1)C1CCCCC1.